The second-order valence-electron chi connectivity index (χ2n) is 6.38. The van der Waals surface area contributed by atoms with Crippen LogP contribution in [-0.4, -0.2) is 11.8 Å². The van der Waals surface area contributed by atoms with Gasteiger partial charge < -0.3 is 10.6 Å². The Bertz CT molecular complexity index is 980. The molecule has 142 valence electrons. The van der Waals surface area contributed by atoms with Crippen molar-refractivity contribution < 1.29 is 9.59 Å². The number of benzene rings is 3. The van der Waals surface area contributed by atoms with E-state index in [1.165, 1.54) is 0 Å². The molecule has 3 aromatic rings. The van der Waals surface area contributed by atoms with Gasteiger partial charge in [0.1, 0.15) is 0 Å². The van der Waals surface area contributed by atoms with Crippen LogP contribution in [0, 0.1) is 13.8 Å². The predicted molar refractivity (Wildman–Crippen MR) is 115 cm³/mol. The van der Waals surface area contributed by atoms with Crippen LogP contribution < -0.4 is 10.6 Å². The summed E-state index contributed by atoms with van der Waals surface area (Å²) in [6.07, 6.45) is 0. The van der Waals surface area contributed by atoms with Gasteiger partial charge in [0.15, 0.2) is 0 Å². The van der Waals surface area contributed by atoms with Gasteiger partial charge in [0.25, 0.3) is 11.8 Å². The van der Waals surface area contributed by atoms with E-state index in [0.29, 0.717) is 21.4 Å². The third kappa shape index (κ3) is 4.53. The van der Waals surface area contributed by atoms with Gasteiger partial charge in [-0.15, -0.1) is 0 Å². The van der Waals surface area contributed by atoms with Crippen LogP contribution in [-0.2, 0) is 0 Å². The van der Waals surface area contributed by atoms with Crippen molar-refractivity contribution in [3.63, 3.8) is 0 Å². The summed E-state index contributed by atoms with van der Waals surface area (Å²) in [4.78, 5) is 25.5. The van der Waals surface area contributed by atoms with Gasteiger partial charge in [-0.2, -0.15) is 0 Å². The summed E-state index contributed by atoms with van der Waals surface area (Å²) in [6, 6.07) is 17.1. The average molecular weight is 413 g/mol. The van der Waals surface area contributed by atoms with E-state index in [1.807, 2.05) is 26.0 Å². The molecule has 0 saturated heterocycles. The fourth-order valence-electron chi connectivity index (χ4n) is 2.62. The first-order valence-corrected chi connectivity index (χ1v) is 9.35. The maximum atomic E-state index is 12.7. The summed E-state index contributed by atoms with van der Waals surface area (Å²) in [5, 5.41) is 6.67. The van der Waals surface area contributed by atoms with Gasteiger partial charge in [-0.3, -0.25) is 9.59 Å². The average Bonchev–Trinajstić information content (AvgIpc) is 2.67. The van der Waals surface area contributed by atoms with Gasteiger partial charge in [0.05, 0.1) is 11.1 Å². The third-order valence-corrected chi connectivity index (χ3v) is 5.09. The number of anilines is 2. The fourth-order valence-corrected chi connectivity index (χ4v) is 2.98. The van der Waals surface area contributed by atoms with Crippen LogP contribution in [0.4, 0.5) is 11.4 Å². The topological polar surface area (TPSA) is 58.2 Å². The van der Waals surface area contributed by atoms with Crippen molar-refractivity contribution >= 4 is 46.4 Å². The van der Waals surface area contributed by atoms with E-state index in [4.69, 9.17) is 23.2 Å². The van der Waals surface area contributed by atoms with Crippen molar-refractivity contribution in [3.05, 3.63) is 93.0 Å². The van der Waals surface area contributed by atoms with Gasteiger partial charge in [-0.1, -0.05) is 47.5 Å². The largest absolute Gasteiger partial charge is 0.322 e. The molecule has 3 aromatic carbocycles. The maximum absolute atomic E-state index is 12.7. The Morgan fingerprint density at radius 3 is 1.43 bits per heavy atom. The lowest BCUT2D eigenvalue weighted by molar-refractivity contribution is 0.0990. The molecule has 3 rings (SSSR count). The van der Waals surface area contributed by atoms with Crippen molar-refractivity contribution in [2.75, 3.05) is 10.6 Å². The molecule has 0 heterocycles. The SMILES string of the molecule is Cc1ccc(NC(=O)c2ccccc2C(=O)Nc2ccc(C)c(Cl)c2)cc1Cl. The highest BCUT2D eigenvalue weighted by atomic mass is 35.5. The first kappa shape index (κ1) is 19.9. The van der Waals surface area contributed by atoms with Crippen LogP contribution in [0.5, 0.6) is 0 Å². The van der Waals surface area contributed by atoms with E-state index in [0.717, 1.165) is 11.1 Å². The number of aryl methyl sites for hydroxylation is 2. The highest BCUT2D eigenvalue weighted by Crippen LogP contribution is 2.23. The lowest BCUT2D eigenvalue weighted by atomic mass is 10.1. The Hall–Kier alpha value is -2.82. The van der Waals surface area contributed by atoms with Crippen molar-refractivity contribution in [3.8, 4) is 0 Å². The molecule has 0 radical (unpaired) electrons. The normalized spacial score (nSPS) is 10.4. The molecule has 2 amide bonds. The quantitative estimate of drug-likeness (QED) is 0.542. The summed E-state index contributed by atoms with van der Waals surface area (Å²) in [5.74, 6) is -0.791. The number of nitrogens with one attached hydrogen (secondary N) is 2. The second kappa shape index (κ2) is 8.46. The maximum Gasteiger partial charge on any atom is 0.256 e. The highest BCUT2D eigenvalue weighted by molar-refractivity contribution is 6.32. The molecule has 0 fully saturated rings. The number of carbonyl (C=O) groups excluding carboxylic acids is 2. The molecule has 0 spiro atoms. The predicted octanol–water partition coefficient (Wildman–Crippen LogP) is 6.11. The molecule has 0 unspecified atom stereocenters. The molecule has 0 bridgehead atoms. The fraction of sp³-hybridized carbons (Fsp3) is 0.0909. The Kier molecular flexibility index (Phi) is 6.02. The Balaban J connectivity index is 1.83. The van der Waals surface area contributed by atoms with Gasteiger partial charge >= 0.3 is 0 Å². The van der Waals surface area contributed by atoms with E-state index >= 15 is 0 Å². The first-order valence-electron chi connectivity index (χ1n) is 8.59. The van der Waals surface area contributed by atoms with Crippen molar-refractivity contribution in [2.24, 2.45) is 0 Å². The Labute approximate surface area is 173 Å². The summed E-state index contributed by atoms with van der Waals surface area (Å²) in [5.41, 5.74) is 3.46. The van der Waals surface area contributed by atoms with Crippen LogP contribution in [0.1, 0.15) is 31.8 Å². The van der Waals surface area contributed by atoms with E-state index in [2.05, 4.69) is 10.6 Å². The molecule has 0 aromatic heterocycles. The standard InChI is InChI=1S/C22H18Cl2N2O2/c1-13-7-9-15(11-19(13)23)25-21(27)17-5-3-4-6-18(17)22(28)26-16-10-8-14(2)20(24)12-16/h3-12H,1-2H3,(H,25,27)(H,26,28). The summed E-state index contributed by atoms with van der Waals surface area (Å²) in [7, 11) is 0. The molecule has 2 N–H and O–H groups in total. The van der Waals surface area contributed by atoms with Crippen molar-refractivity contribution in [2.45, 2.75) is 13.8 Å². The van der Waals surface area contributed by atoms with E-state index in [-0.39, 0.29) is 11.1 Å². The number of hydrogen-bond acceptors (Lipinski definition) is 2. The van der Waals surface area contributed by atoms with Gasteiger partial charge in [-0.25, -0.2) is 0 Å². The summed E-state index contributed by atoms with van der Waals surface area (Å²) >= 11 is 12.2. The lowest BCUT2D eigenvalue weighted by Crippen LogP contribution is -2.20. The van der Waals surface area contributed by atoms with E-state index < -0.39 is 11.8 Å². The van der Waals surface area contributed by atoms with Crippen molar-refractivity contribution in [1.29, 1.82) is 0 Å². The Morgan fingerprint density at radius 2 is 1.07 bits per heavy atom. The molecule has 0 aliphatic carbocycles. The first-order chi connectivity index (χ1) is 13.3. The zero-order valence-corrected chi connectivity index (χ0v) is 16.9. The molecule has 0 saturated carbocycles. The Morgan fingerprint density at radius 1 is 0.679 bits per heavy atom. The number of hydrogen-bond donors (Lipinski definition) is 2. The smallest absolute Gasteiger partial charge is 0.256 e. The van der Waals surface area contributed by atoms with E-state index in [1.54, 1.807) is 48.5 Å². The molecule has 6 heteroatoms. The molecular weight excluding hydrogens is 395 g/mol. The van der Waals surface area contributed by atoms with Crippen LogP contribution >= 0.6 is 23.2 Å². The molecule has 0 atom stereocenters. The molecule has 4 nitrogen and oxygen atoms in total. The molecule has 0 aliphatic rings. The van der Waals surface area contributed by atoms with Crippen LogP contribution in [0.2, 0.25) is 10.0 Å². The highest BCUT2D eigenvalue weighted by Gasteiger charge is 2.17. The van der Waals surface area contributed by atoms with Crippen molar-refractivity contribution in [1.82, 2.24) is 0 Å². The minimum atomic E-state index is -0.396. The van der Waals surface area contributed by atoms with Gasteiger partial charge in [-0.05, 0) is 61.4 Å². The van der Waals surface area contributed by atoms with Gasteiger partial charge in [0, 0.05) is 21.4 Å². The number of halogens is 2. The minimum Gasteiger partial charge on any atom is -0.322 e. The molecule has 0 aliphatic heterocycles. The monoisotopic (exact) mass is 412 g/mol. The zero-order valence-electron chi connectivity index (χ0n) is 15.3. The lowest BCUT2D eigenvalue weighted by Gasteiger charge is -2.12. The number of carbonyl (C=O) groups is 2. The minimum absolute atomic E-state index is 0.259. The van der Waals surface area contributed by atoms with Crippen LogP contribution in [0.3, 0.4) is 0 Å². The molecular formula is C22H18Cl2N2O2. The number of rotatable bonds is 4. The zero-order chi connectivity index (χ0) is 20.3. The number of amides is 2. The second-order valence-corrected chi connectivity index (χ2v) is 7.20. The summed E-state index contributed by atoms with van der Waals surface area (Å²) in [6.45, 7) is 3.76. The van der Waals surface area contributed by atoms with Crippen LogP contribution in [0.15, 0.2) is 60.7 Å². The third-order valence-electron chi connectivity index (χ3n) is 4.28. The van der Waals surface area contributed by atoms with Gasteiger partial charge in [0.2, 0.25) is 0 Å². The van der Waals surface area contributed by atoms with Crippen LogP contribution in [0.25, 0.3) is 0 Å². The van der Waals surface area contributed by atoms with E-state index in [9.17, 15) is 9.59 Å². The summed E-state index contributed by atoms with van der Waals surface area (Å²) < 4.78 is 0. The molecule has 28 heavy (non-hydrogen) atoms.